The molecule has 0 unspecified atom stereocenters. The van der Waals surface area contributed by atoms with Gasteiger partial charge in [0.2, 0.25) is 10.0 Å². The second kappa shape index (κ2) is 5.86. The molecule has 8 heteroatoms. The Morgan fingerprint density at radius 2 is 2.10 bits per heavy atom. The third-order valence-corrected chi connectivity index (χ3v) is 4.31. The lowest BCUT2D eigenvalue weighted by Gasteiger charge is -2.09. The number of rotatable bonds is 6. The van der Waals surface area contributed by atoms with E-state index in [0.29, 0.717) is 0 Å². The van der Waals surface area contributed by atoms with Crippen LogP contribution in [-0.2, 0) is 10.0 Å². The van der Waals surface area contributed by atoms with Crippen LogP contribution in [-0.4, -0.2) is 38.6 Å². The van der Waals surface area contributed by atoms with Gasteiger partial charge in [0.25, 0.3) is 5.91 Å². The van der Waals surface area contributed by atoms with Crippen molar-refractivity contribution in [2.75, 3.05) is 13.2 Å². The fraction of sp³-hybridized carbons (Fsp3) is 0.417. The Labute approximate surface area is 116 Å². The zero-order chi connectivity index (χ0) is 14.8. The van der Waals surface area contributed by atoms with E-state index in [4.69, 9.17) is 5.11 Å². The summed E-state index contributed by atoms with van der Waals surface area (Å²) in [6.07, 6.45) is 1.47. The van der Waals surface area contributed by atoms with Crippen LogP contribution in [0.25, 0.3) is 0 Å². The minimum atomic E-state index is -3.96. The summed E-state index contributed by atoms with van der Waals surface area (Å²) in [4.78, 5) is 11.1. The van der Waals surface area contributed by atoms with Gasteiger partial charge in [0.05, 0.1) is 6.61 Å². The first-order valence-corrected chi connectivity index (χ1v) is 7.63. The molecule has 2 rings (SSSR count). The first kappa shape index (κ1) is 14.9. The van der Waals surface area contributed by atoms with Crippen molar-refractivity contribution in [2.45, 2.75) is 23.8 Å². The summed E-state index contributed by atoms with van der Waals surface area (Å²) in [6.45, 7) is -0.195. The fourth-order valence-corrected chi connectivity index (χ4v) is 3.01. The average Bonchev–Trinajstić information content (AvgIpc) is 3.19. The molecule has 3 N–H and O–H groups in total. The molecule has 1 aromatic carbocycles. The zero-order valence-corrected chi connectivity index (χ0v) is 11.4. The smallest absolute Gasteiger partial charge is 0.251 e. The van der Waals surface area contributed by atoms with Crippen molar-refractivity contribution < 1.29 is 22.7 Å². The van der Waals surface area contributed by atoms with E-state index in [1.807, 2.05) is 0 Å². The largest absolute Gasteiger partial charge is 0.395 e. The molecule has 1 aliphatic carbocycles. The van der Waals surface area contributed by atoms with Gasteiger partial charge in [-0.2, -0.15) is 0 Å². The van der Waals surface area contributed by atoms with Gasteiger partial charge in [0, 0.05) is 18.2 Å². The summed E-state index contributed by atoms with van der Waals surface area (Å²) < 4.78 is 40.0. The van der Waals surface area contributed by atoms with Crippen molar-refractivity contribution >= 4 is 15.9 Å². The van der Waals surface area contributed by atoms with Gasteiger partial charge in [0.15, 0.2) is 0 Å². The lowest BCUT2D eigenvalue weighted by molar-refractivity contribution is 0.0944. The van der Waals surface area contributed by atoms with E-state index in [2.05, 4.69) is 10.0 Å². The summed E-state index contributed by atoms with van der Waals surface area (Å²) in [5.41, 5.74) is 0.0241. The first-order chi connectivity index (χ1) is 9.44. The van der Waals surface area contributed by atoms with E-state index < -0.39 is 26.6 Å². The van der Waals surface area contributed by atoms with E-state index >= 15 is 0 Å². The van der Waals surface area contributed by atoms with Crippen molar-refractivity contribution in [2.24, 2.45) is 0 Å². The number of carbonyl (C=O) groups is 1. The van der Waals surface area contributed by atoms with Crippen LogP contribution in [0.1, 0.15) is 23.2 Å². The quantitative estimate of drug-likeness (QED) is 0.688. The maximum absolute atomic E-state index is 13.7. The number of nitrogens with one attached hydrogen (secondary N) is 2. The normalized spacial score (nSPS) is 15.1. The SMILES string of the molecule is O=C(NCCO)c1ccc(F)c(S(=O)(=O)NC2CC2)c1. The standard InChI is InChI=1S/C12H15FN2O4S/c13-10-4-1-8(12(17)14-5-6-16)7-11(10)20(18,19)15-9-2-3-9/h1,4,7,9,15-16H,2-3,5-6H2,(H,14,17). The lowest BCUT2D eigenvalue weighted by Crippen LogP contribution is -2.29. The Balaban J connectivity index is 2.26. The zero-order valence-electron chi connectivity index (χ0n) is 10.6. The van der Waals surface area contributed by atoms with Crippen molar-refractivity contribution in [3.8, 4) is 0 Å². The van der Waals surface area contributed by atoms with Crippen LogP contribution < -0.4 is 10.0 Å². The van der Waals surface area contributed by atoms with E-state index in [1.54, 1.807) is 0 Å². The monoisotopic (exact) mass is 302 g/mol. The van der Waals surface area contributed by atoms with Gasteiger partial charge in [-0.25, -0.2) is 17.5 Å². The highest BCUT2D eigenvalue weighted by molar-refractivity contribution is 7.89. The fourth-order valence-electron chi connectivity index (χ4n) is 1.61. The molecule has 1 amide bonds. The van der Waals surface area contributed by atoms with Crippen LogP contribution in [0.5, 0.6) is 0 Å². The Hall–Kier alpha value is -1.51. The minimum absolute atomic E-state index is 0.0241. The molecule has 1 fully saturated rings. The Morgan fingerprint density at radius 3 is 2.70 bits per heavy atom. The molecule has 0 aliphatic heterocycles. The molecule has 0 spiro atoms. The molecule has 110 valence electrons. The summed E-state index contributed by atoms with van der Waals surface area (Å²) >= 11 is 0. The third-order valence-electron chi connectivity index (χ3n) is 2.78. The van der Waals surface area contributed by atoms with Crippen molar-refractivity contribution in [3.63, 3.8) is 0 Å². The van der Waals surface area contributed by atoms with Gasteiger partial charge in [-0.1, -0.05) is 0 Å². The van der Waals surface area contributed by atoms with Crippen LogP contribution in [0.2, 0.25) is 0 Å². The van der Waals surface area contributed by atoms with E-state index in [-0.39, 0.29) is 24.8 Å². The van der Waals surface area contributed by atoms with Crippen molar-refractivity contribution in [1.82, 2.24) is 10.0 Å². The number of hydrogen-bond acceptors (Lipinski definition) is 4. The molecule has 0 heterocycles. The number of carbonyl (C=O) groups excluding carboxylic acids is 1. The number of aliphatic hydroxyl groups excluding tert-OH is 1. The van der Waals surface area contributed by atoms with Crippen LogP contribution in [0, 0.1) is 5.82 Å². The summed E-state index contributed by atoms with van der Waals surface area (Å²) in [6, 6.07) is 2.98. The number of hydrogen-bond donors (Lipinski definition) is 3. The second-order valence-electron chi connectivity index (χ2n) is 4.52. The van der Waals surface area contributed by atoms with Crippen LogP contribution in [0.4, 0.5) is 4.39 Å². The first-order valence-electron chi connectivity index (χ1n) is 6.15. The predicted octanol–water partition coefficient (Wildman–Crippen LogP) is -0.0115. The molecule has 0 radical (unpaired) electrons. The molecule has 0 saturated heterocycles. The number of sulfonamides is 1. The van der Waals surface area contributed by atoms with Crippen molar-refractivity contribution in [1.29, 1.82) is 0 Å². The summed E-state index contributed by atoms with van der Waals surface area (Å²) in [5.74, 6) is -1.47. The van der Waals surface area contributed by atoms with Gasteiger partial charge < -0.3 is 10.4 Å². The van der Waals surface area contributed by atoms with E-state index in [1.165, 1.54) is 6.07 Å². The number of halogens is 1. The van der Waals surface area contributed by atoms with Crippen LogP contribution in [0.15, 0.2) is 23.1 Å². The molecule has 0 bridgehead atoms. The van der Waals surface area contributed by atoms with Crippen molar-refractivity contribution in [3.05, 3.63) is 29.6 Å². The lowest BCUT2D eigenvalue weighted by atomic mass is 10.2. The maximum Gasteiger partial charge on any atom is 0.251 e. The van der Waals surface area contributed by atoms with Gasteiger partial charge in [-0.3, -0.25) is 4.79 Å². The predicted molar refractivity (Wildman–Crippen MR) is 69.2 cm³/mol. The third kappa shape index (κ3) is 3.53. The minimum Gasteiger partial charge on any atom is -0.395 e. The number of aliphatic hydroxyl groups is 1. The summed E-state index contributed by atoms with van der Waals surface area (Å²) in [5, 5.41) is 11.0. The molecule has 6 nitrogen and oxygen atoms in total. The Bertz CT molecular complexity index is 614. The maximum atomic E-state index is 13.7. The highest BCUT2D eigenvalue weighted by Gasteiger charge is 2.30. The molecule has 0 aromatic heterocycles. The molecule has 1 aliphatic rings. The van der Waals surface area contributed by atoms with E-state index in [0.717, 1.165) is 25.0 Å². The Morgan fingerprint density at radius 1 is 1.40 bits per heavy atom. The molecular formula is C12H15FN2O4S. The highest BCUT2D eigenvalue weighted by atomic mass is 32.2. The molecular weight excluding hydrogens is 287 g/mol. The van der Waals surface area contributed by atoms with Gasteiger partial charge >= 0.3 is 0 Å². The highest BCUT2D eigenvalue weighted by Crippen LogP contribution is 2.23. The van der Waals surface area contributed by atoms with Gasteiger partial charge in [-0.05, 0) is 31.0 Å². The van der Waals surface area contributed by atoms with Crippen LogP contribution >= 0.6 is 0 Å². The van der Waals surface area contributed by atoms with E-state index in [9.17, 15) is 17.6 Å². The second-order valence-corrected chi connectivity index (χ2v) is 6.20. The van der Waals surface area contributed by atoms with Gasteiger partial charge in [0.1, 0.15) is 10.7 Å². The average molecular weight is 302 g/mol. The molecule has 20 heavy (non-hydrogen) atoms. The molecule has 0 atom stereocenters. The topological polar surface area (TPSA) is 95.5 Å². The number of benzene rings is 1. The summed E-state index contributed by atoms with van der Waals surface area (Å²) in [7, 11) is -3.96. The molecule has 1 saturated carbocycles. The number of amides is 1. The van der Waals surface area contributed by atoms with Gasteiger partial charge in [-0.15, -0.1) is 0 Å². The Kier molecular flexibility index (Phi) is 4.36. The molecule has 1 aromatic rings. The van der Waals surface area contributed by atoms with Crippen LogP contribution in [0.3, 0.4) is 0 Å².